The quantitative estimate of drug-likeness (QED) is 0.461. The molecule has 0 bridgehead atoms. The molecule has 0 aliphatic heterocycles. The summed E-state index contributed by atoms with van der Waals surface area (Å²) in [5, 5.41) is 13.3. The molecule has 0 radical (unpaired) electrons. The molecule has 4 aromatic rings. The van der Waals surface area contributed by atoms with Crippen LogP contribution in [0.3, 0.4) is 0 Å². The Morgan fingerprint density at radius 3 is 1.75 bits per heavy atom. The number of benzene rings is 4. The number of rotatable bonds is 7. The third-order valence-electron chi connectivity index (χ3n) is 5.09. The summed E-state index contributed by atoms with van der Waals surface area (Å²) in [4.78, 5) is 2.31. The number of fused-ring (bicyclic) bond motifs is 1. The van der Waals surface area contributed by atoms with E-state index in [1.165, 1.54) is 16.5 Å². The van der Waals surface area contributed by atoms with Gasteiger partial charge in [-0.1, -0.05) is 97.1 Å². The van der Waals surface area contributed by atoms with Crippen molar-refractivity contribution in [1.82, 2.24) is 4.90 Å². The molecule has 1 N–H and O–H groups in total. The van der Waals surface area contributed by atoms with Gasteiger partial charge in [0.25, 0.3) is 0 Å². The molecule has 4 rings (SSSR count). The van der Waals surface area contributed by atoms with Crippen molar-refractivity contribution in [2.75, 3.05) is 6.54 Å². The zero-order valence-electron chi connectivity index (χ0n) is 15.9. The Morgan fingerprint density at radius 2 is 1.14 bits per heavy atom. The molecule has 2 nitrogen and oxygen atoms in total. The summed E-state index contributed by atoms with van der Waals surface area (Å²) in [5.41, 5.74) is 3.47. The summed E-state index contributed by atoms with van der Waals surface area (Å²) < 4.78 is 0. The smallest absolute Gasteiger partial charge is 0.0917 e. The average molecular weight is 367 g/mol. The lowest BCUT2D eigenvalue weighted by Crippen LogP contribution is -2.28. The van der Waals surface area contributed by atoms with Crippen LogP contribution in [0.2, 0.25) is 0 Å². The lowest BCUT2D eigenvalue weighted by molar-refractivity contribution is 0.105. The van der Waals surface area contributed by atoms with Crippen molar-refractivity contribution in [2.45, 2.75) is 19.2 Å². The van der Waals surface area contributed by atoms with E-state index in [1.54, 1.807) is 0 Å². The van der Waals surface area contributed by atoms with E-state index in [4.69, 9.17) is 0 Å². The Hall–Kier alpha value is -2.94. The van der Waals surface area contributed by atoms with Crippen LogP contribution in [0.25, 0.3) is 10.8 Å². The van der Waals surface area contributed by atoms with Crippen molar-refractivity contribution in [3.63, 3.8) is 0 Å². The molecule has 1 unspecified atom stereocenters. The second-order valence-corrected chi connectivity index (χ2v) is 7.26. The van der Waals surface area contributed by atoms with Gasteiger partial charge in [-0.3, -0.25) is 4.90 Å². The number of nitrogens with zero attached hydrogens (tertiary/aromatic N) is 1. The van der Waals surface area contributed by atoms with Gasteiger partial charge in [0.2, 0.25) is 0 Å². The van der Waals surface area contributed by atoms with E-state index in [2.05, 4.69) is 77.7 Å². The fourth-order valence-electron chi connectivity index (χ4n) is 3.63. The maximum atomic E-state index is 11.0. The fourth-order valence-corrected chi connectivity index (χ4v) is 3.63. The van der Waals surface area contributed by atoms with Gasteiger partial charge < -0.3 is 5.11 Å². The SMILES string of the molecule is OC(CN(Cc1ccccc1)Cc1ccccc1)c1ccc2ccccc2c1. The van der Waals surface area contributed by atoms with E-state index in [9.17, 15) is 5.11 Å². The standard InChI is InChI=1S/C26H25NO/c28-26(25-16-15-23-13-7-8-14-24(23)17-25)20-27(18-21-9-3-1-4-10-21)19-22-11-5-2-6-12-22/h1-17,26,28H,18-20H2. The van der Waals surface area contributed by atoms with Crippen molar-refractivity contribution in [3.05, 3.63) is 120 Å². The van der Waals surface area contributed by atoms with E-state index in [-0.39, 0.29) is 0 Å². The molecule has 0 saturated carbocycles. The molecule has 28 heavy (non-hydrogen) atoms. The van der Waals surface area contributed by atoms with Gasteiger partial charge in [-0.2, -0.15) is 0 Å². The molecule has 0 heterocycles. The van der Waals surface area contributed by atoms with Crippen LogP contribution in [-0.2, 0) is 13.1 Å². The van der Waals surface area contributed by atoms with E-state index in [0.29, 0.717) is 6.54 Å². The minimum atomic E-state index is -0.531. The first-order valence-electron chi connectivity index (χ1n) is 9.75. The van der Waals surface area contributed by atoms with Gasteiger partial charge in [0.15, 0.2) is 0 Å². The lowest BCUT2D eigenvalue weighted by atomic mass is 10.0. The average Bonchev–Trinajstić information content (AvgIpc) is 2.75. The van der Waals surface area contributed by atoms with Crippen LogP contribution in [0.5, 0.6) is 0 Å². The van der Waals surface area contributed by atoms with Crippen LogP contribution in [0.1, 0.15) is 22.8 Å². The predicted molar refractivity (Wildman–Crippen MR) is 116 cm³/mol. The van der Waals surface area contributed by atoms with E-state index in [1.807, 2.05) is 30.3 Å². The molecule has 0 aliphatic rings. The number of hydrogen-bond donors (Lipinski definition) is 1. The maximum absolute atomic E-state index is 11.0. The number of aliphatic hydroxyl groups is 1. The van der Waals surface area contributed by atoms with Crippen LogP contribution in [0.15, 0.2) is 103 Å². The van der Waals surface area contributed by atoms with E-state index >= 15 is 0 Å². The highest BCUT2D eigenvalue weighted by Crippen LogP contribution is 2.22. The van der Waals surface area contributed by atoms with Crippen molar-refractivity contribution >= 4 is 10.8 Å². The second-order valence-electron chi connectivity index (χ2n) is 7.26. The van der Waals surface area contributed by atoms with Gasteiger partial charge >= 0.3 is 0 Å². The Labute approximate surface area is 166 Å². The molecule has 0 saturated heterocycles. The predicted octanol–water partition coefficient (Wildman–Crippen LogP) is 5.58. The van der Waals surface area contributed by atoms with E-state index < -0.39 is 6.10 Å². The number of aliphatic hydroxyl groups excluding tert-OH is 1. The lowest BCUT2D eigenvalue weighted by Gasteiger charge is -2.26. The molecule has 0 amide bonds. The highest BCUT2D eigenvalue weighted by molar-refractivity contribution is 5.83. The first kappa shape index (κ1) is 18.4. The van der Waals surface area contributed by atoms with Crippen LogP contribution in [0.4, 0.5) is 0 Å². The summed E-state index contributed by atoms with van der Waals surface area (Å²) in [6, 6.07) is 35.4. The molecule has 1 atom stereocenters. The van der Waals surface area contributed by atoms with Crippen molar-refractivity contribution in [3.8, 4) is 0 Å². The Balaban J connectivity index is 1.54. The molecular formula is C26H25NO. The molecule has 0 aromatic heterocycles. The van der Waals surface area contributed by atoms with Crippen LogP contribution in [-0.4, -0.2) is 16.6 Å². The largest absolute Gasteiger partial charge is 0.387 e. The van der Waals surface area contributed by atoms with Crippen molar-refractivity contribution in [2.24, 2.45) is 0 Å². The highest BCUT2D eigenvalue weighted by Gasteiger charge is 2.15. The molecular weight excluding hydrogens is 342 g/mol. The summed E-state index contributed by atoms with van der Waals surface area (Å²) in [7, 11) is 0. The maximum Gasteiger partial charge on any atom is 0.0917 e. The Kier molecular flexibility index (Phi) is 5.81. The van der Waals surface area contributed by atoms with Crippen LogP contribution < -0.4 is 0 Å². The molecule has 0 fully saturated rings. The van der Waals surface area contributed by atoms with Crippen molar-refractivity contribution < 1.29 is 5.11 Å². The van der Waals surface area contributed by atoms with Gasteiger partial charge in [-0.25, -0.2) is 0 Å². The minimum absolute atomic E-state index is 0.531. The topological polar surface area (TPSA) is 23.5 Å². The molecule has 0 spiro atoms. The zero-order chi connectivity index (χ0) is 19.2. The molecule has 4 aromatic carbocycles. The first-order valence-corrected chi connectivity index (χ1v) is 9.75. The van der Waals surface area contributed by atoms with Gasteiger partial charge in [0.05, 0.1) is 6.10 Å². The third-order valence-corrected chi connectivity index (χ3v) is 5.09. The van der Waals surface area contributed by atoms with Gasteiger partial charge in [-0.05, 0) is 33.5 Å². The summed E-state index contributed by atoms with van der Waals surface area (Å²) in [6.07, 6.45) is -0.531. The Morgan fingerprint density at radius 1 is 0.607 bits per heavy atom. The van der Waals surface area contributed by atoms with Gasteiger partial charge in [0.1, 0.15) is 0 Å². The van der Waals surface area contributed by atoms with Crippen molar-refractivity contribution in [1.29, 1.82) is 0 Å². The van der Waals surface area contributed by atoms with Gasteiger partial charge in [-0.15, -0.1) is 0 Å². The monoisotopic (exact) mass is 367 g/mol. The highest BCUT2D eigenvalue weighted by atomic mass is 16.3. The Bertz CT molecular complexity index is 972. The normalized spacial score (nSPS) is 12.4. The third kappa shape index (κ3) is 4.66. The van der Waals surface area contributed by atoms with Crippen LogP contribution >= 0.6 is 0 Å². The first-order chi connectivity index (χ1) is 13.8. The van der Waals surface area contributed by atoms with E-state index in [0.717, 1.165) is 24.0 Å². The minimum Gasteiger partial charge on any atom is -0.387 e. The van der Waals surface area contributed by atoms with Crippen LogP contribution in [0, 0.1) is 0 Å². The summed E-state index contributed by atoms with van der Waals surface area (Å²) in [5.74, 6) is 0. The molecule has 2 heteroatoms. The molecule has 0 aliphatic carbocycles. The van der Waals surface area contributed by atoms with Gasteiger partial charge in [0, 0.05) is 19.6 Å². The molecule has 140 valence electrons. The fraction of sp³-hybridized carbons (Fsp3) is 0.154. The number of hydrogen-bond acceptors (Lipinski definition) is 2. The second kappa shape index (κ2) is 8.83. The zero-order valence-corrected chi connectivity index (χ0v) is 15.9. The summed E-state index contributed by atoms with van der Waals surface area (Å²) in [6.45, 7) is 2.20. The summed E-state index contributed by atoms with van der Waals surface area (Å²) >= 11 is 0.